The Balaban J connectivity index is 2.32. The van der Waals surface area contributed by atoms with Gasteiger partial charge >= 0.3 is 12.0 Å². The molecule has 1 rings (SSSR count). The molecular formula is C13H19BrN2O3S. The van der Waals surface area contributed by atoms with Crippen LogP contribution in [0.15, 0.2) is 15.9 Å². The molecule has 1 atom stereocenters. The average Bonchev–Trinajstić information content (AvgIpc) is 2.73. The quantitative estimate of drug-likeness (QED) is 0.697. The van der Waals surface area contributed by atoms with E-state index < -0.39 is 18.0 Å². The number of thiophene rings is 1. The summed E-state index contributed by atoms with van der Waals surface area (Å²) in [6, 6.07) is 2.68. The fourth-order valence-electron chi connectivity index (χ4n) is 1.69. The Bertz CT molecular complexity index is 462. The standard InChI is InChI=1S/C13H19BrN2O3S/c1-8(2)7-10(12(17)18)16-13(19)15-6-5-9-3-4-11(14)20-9/h3-4,8,10H,5-7H2,1-2H3,(H,17,18)(H2,15,16,19). The van der Waals surface area contributed by atoms with Gasteiger partial charge in [-0.25, -0.2) is 9.59 Å². The second-order valence-electron chi connectivity index (χ2n) is 4.88. The van der Waals surface area contributed by atoms with E-state index in [1.54, 1.807) is 11.3 Å². The van der Waals surface area contributed by atoms with Gasteiger partial charge in [0.25, 0.3) is 0 Å². The van der Waals surface area contributed by atoms with Crippen LogP contribution in [-0.4, -0.2) is 29.7 Å². The molecule has 0 aromatic carbocycles. The molecule has 1 aromatic rings. The highest BCUT2D eigenvalue weighted by Gasteiger charge is 2.20. The normalized spacial score (nSPS) is 12.2. The molecule has 0 aliphatic rings. The smallest absolute Gasteiger partial charge is 0.326 e. The molecule has 20 heavy (non-hydrogen) atoms. The topological polar surface area (TPSA) is 78.4 Å². The number of hydrogen-bond donors (Lipinski definition) is 3. The zero-order valence-corrected chi connectivity index (χ0v) is 13.9. The van der Waals surface area contributed by atoms with E-state index in [-0.39, 0.29) is 5.92 Å². The summed E-state index contributed by atoms with van der Waals surface area (Å²) < 4.78 is 1.06. The van der Waals surface area contributed by atoms with Gasteiger partial charge in [-0.1, -0.05) is 13.8 Å². The third-order valence-corrected chi connectivity index (χ3v) is 4.28. The number of hydrogen-bond acceptors (Lipinski definition) is 3. The second kappa shape index (κ2) is 8.26. The molecule has 1 aromatic heterocycles. The maximum Gasteiger partial charge on any atom is 0.326 e. The first kappa shape index (κ1) is 17.0. The summed E-state index contributed by atoms with van der Waals surface area (Å²) >= 11 is 5.00. The van der Waals surface area contributed by atoms with Crippen LogP contribution in [0.25, 0.3) is 0 Å². The van der Waals surface area contributed by atoms with Gasteiger partial charge < -0.3 is 15.7 Å². The molecule has 1 heterocycles. The monoisotopic (exact) mass is 362 g/mol. The van der Waals surface area contributed by atoms with Crippen molar-refractivity contribution < 1.29 is 14.7 Å². The van der Waals surface area contributed by atoms with Crippen LogP contribution in [0, 0.1) is 5.92 Å². The van der Waals surface area contributed by atoms with Gasteiger partial charge in [0.1, 0.15) is 6.04 Å². The number of carbonyl (C=O) groups excluding carboxylic acids is 1. The summed E-state index contributed by atoms with van der Waals surface area (Å²) in [5.74, 6) is -0.795. The van der Waals surface area contributed by atoms with Crippen molar-refractivity contribution in [3.05, 3.63) is 20.8 Å². The lowest BCUT2D eigenvalue weighted by molar-refractivity contribution is -0.139. The molecule has 0 aliphatic carbocycles. The van der Waals surface area contributed by atoms with E-state index in [9.17, 15) is 9.59 Å². The number of halogens is 1. The molecular weight excluding hydrogens is 344 g/mol. The van der Waals surface area contributed by atoms with E-state index in [0.717, 1.165) is 15.1 Å². The number of carboxylic acids is 1. The van der Waals surface area contributed by atoms with Crippen LogP contribution < -0.4 is 10.6 Å². The van der Waals surface area contributed by atoms with E-state index in [0.29, 0.717) is 13.0 Å². The lowest BCUT2D eigenvalue weighted by Crippen LogP contribution is -2.47. The van der Waals surface area contributed by atoms with Gasteiger partial charge in [0.05, 0.1) is 3.79 Å². The van der Waals surface area contributed by atoms with Crippen LogP contribution in [0.1, 0.15) is 25.1 Å². The number of urea groups is 1. The predicted octanol–water partition coefficient (Wildman–Crippen LogP) is 2.85. The van der Waals surface area contributed by atoms with Gasteiger partial charge in [-0.15, -0.1) is 11.3 Å². The zero-order chi connectivity index (χ0) is 15.1. The highest BCUT2D eigenvalue weighted by Crippen LogP contribution is 2.21. The molecule has 2 amide bonds. The van der Waals surface area contributed by atoms with Gasteiger partial charge in [-0.05, 0) is 46.8 Å². The minimum Gasteiger partial charge on any atom is -0.480 e. The molecule has 0 bridgehead atoms. The van der Waals surface area contributed by atoms with Crippen molar-refractivity contribution in [3.63, 3.8) is 0 Å². The minimum atomic E-state index is -1.00. The first-order valence-corrected chi connectivity index (χ1v) is 8.00. The Morgan fingerprint density at radius 3 is 2.60 bits per heavy atom. The van der Waals surface area contributed by atoms with Gasteiger partial charge in [-0.2, -0.15) is 0 Å². The molecule has 0 aliphatic heterocycles. The highest BCUT2D eigenvalue weighted by molar-refractivity contribution is 9.11. The van der Waals surface area contributed by atoms with Crippen molar-refractivity contribution in [2.45, 2.75) is 32.7 Å². The minimum absolute atomic E-state index is 0.208. The third kappa shape index (κ3) is 6.38. The summed E-state index contributed by atoms with van der Waals surface area (Å²) in [4.78, 5) is 23.8. The molecule has 7 heteroatoms. The van der Waals surface area contributed by atoms with E-state index in [2.05, 4.69) is 26.6 Å². The molecule has 3 N–H and O–H groups in total. The summed E-state index contributed by atoms with van der Waals surface area (Å²) in [6.45, 7) is 4.32. The molecule has 0 saturated carbocycles. The summed E-state index contributed by atoms with van der Waals surface area (Å²) in [5.41, 5.74) is 0. The molecule has 0 spiro atoms. The summed E-state index contributed by atoms with van der Waals surface area (Å²) in [5, 5.41) is 14.2. The summed E-state index contributed by atoms with van der Waals surface area (Å²) in [7, 11) is 0. The largest absolute Gasteiger partial charge is 0.480 e. The number of rotatable bonds is 7. The van der Waals surface area contributed by atoms with Crippen molar-refractivity contribution in [2.24, 2.45) is 5.92 Å². The Hall–Kier alpha value is -1.08. The molecule has 5 nitrogen and oxygen atoms in total. The Kier molecular flexibility index (Phi) is 7.01. The molecule has 0 saturated heterocycles. The second-order valence-corrected chi connectivity index (χ2v) is 7.42. The fourth-order valence-corrected chi connectivity index (χ4v) is 3.17. The zero-order valence-electron chi connectivity index (χ0n) is 11.5. The SMILES string of the molecule is CC(C)CC(NC(=O)NCCc1ccc(Br)s1)C(=O)O. The number of nitrogens with one attached hydrogen (secondary N) is 2. The Labute approximate surface area is 130 Å². The Morgan fingerprint density at radius 1 is 1.40 bits per heavy atom. The van der Waals surface area contributed by atoms with Gasteiger partial charge in [0, 0.05) is 11.4 Å². The van der Waals surface area contributed by atoms with E-state index in [4.69, 9.17) is 5.11 Å². The highest BCUT2D eigenvalue weighted by atomic mass is 79.9. The molecule has 1 unspecified atom stereocenters. The maximum atomic E-state index is 11.6. The van der Waals surface area contributed by atoms with Crippen LogP contribution in [-0.2, 0) is 11.2 Å². The van der Waals surface area contributed by atoms with Crippen molar-refractivity contribution in [1.29, 1.82) is 0 Å². The van der Waals surface area contributed by atoms with Crippen LogP contribution in [0.2, 0.25) is 0 Å². The van der Waals surface area contributed by atoms with Crippen LogP contribution >= 0.6 is 27.3 Å². The maximum absolute atomic E-state index is 11.6. The lowest BCUT2D eigenvalue weighted by atomic mass is 10.0. The van der Waals surface area contributed by atoms with Crippen LogP contribution in [0.4, 0.5) is 4.79 Å². The van der Waals surface area contributed by atoms with Crippen LogP contribution in [0.5, 0.6) is 0 Å². The molecule has 112 valence electrons. The Morgan fingerprint density at radius 2 is 2.10 bits per heavy atom. The van der Waals surface area contributed by atoms with Gasteiger partial charge in [0.2, 0.25) is 0 Å². The first-order chi connectivity index (χ1) is 9.38. The van der Waals surface area contributed by atoms with E-state index >= 15 is 0 Å². The van der Waals surface area contributed by atoms with Gasteiger partial charge in [0.15, 0.2) is 0 Å². The van der Waals surface area contributed by atoms with Crippen molar-refractivity contribution >= 4 is 39.3 Å². The average molecular weight is 363 g/mol. The summed E-state index contributed by atoms with van der Waals surface area (Å²) in [6.07, 6.45) is 1.15. The van der Waals surface area contributed by atoms with Crippen molar-refractivity contribution in [3.8, 4) is 0 Å². The molecule has 0 fully saturated rings. The van der Waals surface area contributed by atoms with Gasteiger partial charge in [-0.3, -0.25) is 0 Å². The lowest BCUT2D eigenvalue weighted by Gasteiger charge is -2.16. The number of carboxylic acid groups (broad SMARTS) is 1. The number of aliphatic carboxylic acids is 1. The third-order valence-electron chi connectivity index (χ3n) is 2.60. The first-order valence-electron chi connectivity index (χ1n) is 6.40. The van der Waals surface area contributed by atoms with E-state index in [1.807, 2.05) is 26.0 Å². The predicted molar refractivity (Wildman–Crippen MR) is 83.1 cm³/mol. The number of carbonyl (C=O) groups is 2. The van der Waals surface area contributed by atoms with Crippen molar-refractivity contribution in [2.75, 3.05) is 6.54 Å². The van der Waals surface area contributed by atoms with E-state index in [1.165, 1.54) is 0 Å². The number of amides is 2. The van der Waals surface area contributed by atoms with Crippen molar-refractivity contribution in [1.82, 2.24) is 10.6 Å². The van der Waals surface area contributed by atoms with Crippen LogP contribution in [0.3, 0.4) is 0 Å². The fraction of sp³-hybridized carbons (Fsp3) is 0.538. The molecule has 0 radical (unpaired) electrons.